The van der Waals surface area contributed by atoms with Crippen LogP contribution in [0.15, 0.2) is 205 Å². The number of nitrogens with zero attached hydrogens (tertiary/aromatic N) is 3. The Balaban J connectivity index is 0.963. The molecule has 0 bridgehead atoms. The summed E-state index contributed by atoms with van der Waals surface area (Å²) in [7, 11) is 0. The SMILES string of the molecule is c1ccc(-c2nc(-c3ccccc3)nc(-c3ccc(-c4ccc(-c5cccc6oc7c8ccccc8c(-c8ccc9ccccc9c8)cc7c56)cc4)cc3)n2)cc1. The van der Waals surface area contributed by atoms with Crippen molar-refractivity contribution in [3.05, 3.63) is 200 Å². The predicted molar refractivity (Wildman–Crippen MR) is 235 cm³/mol. The molecular weight excluding hydrogens is 695 g/mol. The average Bonchev–Trinajstić information content (AvgIpc) is 3.68. The third kappa shape index (κ3) is 5.83. The minimum Gasteiger partial charge on any atom is -0.455 e. The Kier molecular flexibility index (Phi) is 7.78. The molecule has 0 aliphatic heterocycles. The first-order valence-corrected chi connectivity index (χ1v) is 19.2. The first kappa shape index (κ1) is 32.7. The lowest BCUT2D eigenvalue weighted by Crippen LogP contribution is -2.00. The van der Waals surface area contributed by atoms with Crippen molar-refractivity contribution in [2.24, 2.45) is 0 Å². The van der Waals surface area contributed by atoms with E-state index in [-0.39, 0.29) is 0 Å². The standard InChI is InChI=1S/C53H33N3O/c1-3-13-38(14-4-1)51-54-52(39-15-5-2-6-16-39)56-53(55-51)40-29-24-36(25-30-40)35-22-27-37(28-23-35)43-20-11-21-48-49(43)47-33-46(44-18-9-10-19-45(44)50(47)57-48)42-31-26-34-12-7-8-17-41(34)32-42/h1-33H. The summed E-state index contributed by atoms with van der Waals surface area (Å²) < 4.78 is 6.68. The van der Waals surface area contributed by atoms with Crippen molar-refractivity contribution in [3.63, 3.8) is 0 Å². The Bertz CT molecular complexity index is 3200. The normalized spacial score (nSPS) is 11.5. The lowest BCUT2D eigenvalue weighted by Gasteiger charge is -2.11. The van der Waals surface area contributed by atoms with Gasteiger partial charge in [0.1, 0.15) is 11.2 Å². The summed E-state index contributed by atoms with van der Waals surface area (Å²) in [6.45, 7) is 0. The maximum Gasteiger partial charge on any atom is 0.164 e. The molecule has 0 spiro atoms. The van der Waals surface area contributed by atoms with Crippen molar-refractivity contribution in [1.82, 2.24) is 15.0 Å². The number of benzene rings is 9. The molecular formula is C53H33N3O. The highest BCUT2D eigenvalue weighted by Crippen LogP contribution is 2.43. The third-order valence-electron chi connectivity index (χ3n) is 10.9. The van der Waals surface area contributed by atoms with E-state index in [4.69, 9.17) is 19.4 Å². The fourth-order valence-corrected chi connectivity index (χ4v) is 8.08. The molecule has 0 radical (unpaired) electrons. The van der Waals surface area contributed by atoms with Gasteiger partial charge in [0.05, 0.1) is 0 Å². The molecule has 4 heteroatoms. The molecule has 0 saturated carbocycles. The van der Waals surface area contributed by atoms with Crippen molar-refractivity contribution >= 4 is 43.5 Å². The van der Waals surface area contributed by atoms with E-state index >= 15 is 0 Å². The molecule has 0 aliphatic carbocycles. The van der Waals surface area contributed by atoms with Gasteiger partial charge in [-0.25, -0.2) is 15.0 Å². The zero-order valence-electron chi connectivity index (χ0n) is 30.8. The minimum absolute atomic E-state index is 0.640. The molecule has 0 unspecified atom stereocenters. The van der Waals surface area contributed by atoms with E-state index in [2.05, 4.69) is 140 Å². The fourth-order valence-electron chi connectivity index (χ4n) is 8.08. The average molecular weight is 728 g/mol. The Morgan fingerprint density at radius 2 is 0.807 bits per heavy atom. The van der Waals surface area contributed by atoms with Gasteiger partial charge in [0.2, 0.25) is 0 Å². The van der Waals surface area contributed by atoms with E-state index in [0.29, 0.717) is 17.5 Å². The predicted octanol–water partition coefficient (Wildman–Crippen LogP) is 14.1. The van der Waals surface area contributed by atoms with Crippen LogP contribution in [0.25, 0.3) is 111 Å². The fraction of sp³-hybridized carbons (Fsp3) is 0. The van der Waals surface area contributed by atoms with E-state index in [1.54, 1.807) is 0 Å². The molecule has 9 aromatic carbocycles. The van der Waals surface area contributed by atoms with Crippen LogP contribution in [0.2, 0.25) is 0 Å². The molecule has 0 fully saturated rings. The van der Waals surface area contributed by atoms with Gasteiger partial charge < -0.3 is 4.42 Å². The van der Waals surface area contributed by atoms with Gasteiger partial charge in [0.25, 0.3) is 0 Å². The van der Waals surface area contributed by atoms with Gasteiger partial charge in [-0.2, -0.15) is 0 Å². The molecule has 11 rings (SSSR count). The quantitative estimate of drug-likeness (QED) is 0.171. The maximum atomic E-state index is 6.68. The molecule has 0 amide bonds. The molecule has 0 saturated heterocycles. The highest BCUT2D eigenvalue weighted by molar-refractivity contribution is 6.22. The summed E-state index contributed by atoms with van der Waals surface area (Å²) in [4.78, 5) is 14.7. The topological polar surface area (TPSA) is 51.8 Å². The zero-order chi connectivity index (χ0) is 37.7. The number of hydrogen-bond acceptors (Lipinski definition) is 4. The summed E-state index contributed by atoms with van der Waals surface area (Å²) in [5.41, 5.74) is 11.5. The Morgan fingerprint density at radius 1 is 0.298 bits per heavy atom. The van der Waals surface area contributed by atoms with Crippen molar-refractivity contribution in [1.29, 1.82) is 0 Å². The molecule has 2 aromatic heterocycles. The van der Waals surface area contributed by atoms with Gasteiger partial charge in [0.15, 0.2) is 17.5 Å². The van der Waals surface area contributed by atoms with Gasteiger partial charge in [-0.15, -0.1) is 0 Å². The second kappa shape index (κ2) is 13.6. The van der Waals surface area contributed by atoms with Crippen LogP contribution in [-0.4, -0.2) is 15.0 Å². The molecule has 0 N–H and O–H groups in total. The van der Waals surface area contributed by atoms with Crippen molar-refractivity contribution < 1.29 is 4.42 Å². The Labute approximate surface area is 329 Å². The highest BCUT2D eigenvalue weighted by atomic mass is 16.3. The molecule has 11 aromatic rings. The maximum absolute atomic E-state index is 6.68. The van der Waals surface area contributed by atoms with E-state index in [9.17, 15) is 0 Å². The number of aromatic nitrogens is 3. The first-order chi connectivity index (χ1) is 28.2. The second-order valence-electron chi connectivity index (χ2n) is 14.4. The molecule has 266 valence electrons. The lowest BCUT2D eigenvalue weighted by molar-refractivity contribution is 0.673. The molecule has 0 atom stereocenters. The summed E-state index contributed by atoms with van der Waals surface area (Å²) >= 11 is 0. The van der Waals surface area contributed by atoms with Crippen molar-refractivity contribution in [2.45, 2.75) is 0 Å². The minimum atomic E-state index is 0.640. The number of rotatable bonds is 6. The smallest absolute Gasteiger partial charge is 0.164 e. The summed E-state index contributed by atoms with van der Waals surface area (Å²) in [5.74, 6) is 1.94. The van der Waals surface area contributed by atoms with Gasteiger partial charge in [-0.05, 0) is 67.7 Å². The van der Waals surface area contributed by atoms with E-state index in [0.717, 1.165) is 66.3 Å². The van der Waals surface area contributed by atoms with Gasteiger partial charge in [0, 0.05) is 32.8 Å². The Morgan fingerprint density at radius 3 is 1.46 bits per heavy atom. The van der Waals surface area contributed by atoms with Gasteiger partial charge in [-0.3, -0.25) is 0 Å². The van der Waals surface area contributed by atoms with E-state index in [1.807, 2.05) is 60.7 Å². The molecule has 2 heterocycles. The van der Waals surface area contributed by atoms with Crippen LogP contribution in [0, 0.1) is 0 Å². The second-order valence-corrected chi connectivity index (χ2v) is 14.4. The van der Waals surface area contributed by atoms with Crippen LogP contribution < -0.4 is 0 Å². The first-order valence-electron chi connectivity index (χ1n) is 19.2. The van der Waals surface area contributed by atoms with Crippen LogP contribution in [0.3, 0.4) is 0 Å². The van der Waals surface area contributed by atoms with Gasteiger partial charge in [-0.1, -0.05) is 182 Å². The van der Waals surface area contributed by atoms with Crippen LogP contribution in [-0.2, 0) is 0 Å². The van der Waals surface area contributed by atoms with Crippen LogP contribution in [0.4, 0.5) is 0 Å². The lowest BCUT2D eigenvalue weighted by atomic mass is 9.92. The van der Waals surface area contributed by atoms with Gasteiger partial charge >= 0.3 is 0 Å². The van der Waals surface area contributed by atoms with E-state index in [1.165, 1.54) is 27.3 Å². The summed E-state index contributed by atoms with van der Waals surface area (Å²) in [6.07, 6.45) is 0. The van der Waals surface area contributed by atoms with Crippen molar-refractivity contribution in [3.8, 4) is 67.5 Å². The Hall–Kier alpha value is -7.69. The van der Waals surface area contributed by atoms with Crippen LogP contribution in [0.1, 0.15) is 0 Å². The van der Waals surface area contributed by atoms with Crippen molar-refractivity contribution in [2.75, 3.05) is 0 Å². The third-order valence-corrected chi connectivity index (χ3v) is 10.9. The number of fused-ring (bicyclic) bond motifs is 6. The number of furan rings is 1. The largest absolute Gasteiger partial charge is 0.455 e. The van der Waals surface area contributed by atoms with E-state index < -0.39 is 0 Å². The van der Waals surface area contributed by atoms with Crippen LogP contribution >= 0.6 is 0 Å². The molecule has 4 nitrogen and oxygen atoms in total. The molecule has 0 aliphatic rings. The number of hydrogen-bond donors (Lipinski definition) is 0. The highest BCUT2D eigenvalue weighted by Gasteiger charge is 2.18. The summed E-state index contributed by atoms with van der Waals surface area (Å²) in [5, 5.41) is 7.00. The zero-order valence-corrected chi connectivity index (χ0v) is 30.8. The van der Waals surface area contributed by atoms with Crippen LogP contribution in [0.5, 0.6) is 0 Å². The monoisotopic (exact) mass is 727 g/mol. The molecule has 57 heavy (non-hydrogen) atoms. The summed E-state index contributed by atoms with van der Waals surface area (Å²) in [6, 6.07) is 70.0.